The summed E-state index contributed by atoms with van der Waals surface area (Å²) in [4.78, 5) is 11.0. The van der Waals surface area contributed by atoms with Crippen LogP contribution in [0.2, 0.25) is 0 Å². The van der Waals surface area contributed by atoms with E-state index >= 15 is 0 Å². The van der Waals surface area contributed by atoms with Gasteiger partial charge in [-0.2, -0.15) is 5.26 Å². The van der Waals surface area contributed by atoms with Gasteiger partial charge in [0.15, 0.2) is 0 Å². The Morgan fingerprint density at radius 1 is 1.69 bits per heavy atom. The maximum absolute atomic E-state index is 11.0. The first-order chi connectivity index (χ1) is 6.33. The zero-order valence-corrected chi connectivity index (χ0v) is 7.12. The van der Waals surface area contributed by atoms with E-state index < -0.39 is 0 Å². The number of nitrogens with zero attached hydrogens (tertiary/aromatic N) is 1. The van der Waals surface area contributed by atoms with Crippen LogP contribution in [-0.2, 0) is 11.2 Å². The van der Waals surface area contributed by atoms with E-state index in [4.69, 9.17) is 9.68 Å². The van der Waals surface area contributed by atoms with Crippen LogP contribution in [0.3, 0.4) is 0 Å². The van der Waals surface area contributed by atoms with Crippen LogP contribution in [0, 0.1) is 11.3 Å². The molecule has 0 aliphatic heterocycles. The predicted molar refractivity (Wildman–Crippen MR) is 45.7 cm³/mol. The number of aryl methyl sites for hydroxylation is 1. The lowest BCUT2D eigenvalue weighted by Crippen LogP contribution is -2.23. The zero-order chi connectivity index (χ0) is 9.52. The molecule has 13 heavy (non-hydrogen) atoms. The summed E-state index contributed by atoms with van der Waals surface area (Å²) in [5.74, 6) is 0.657. The minimum Gasteiger partial charge on any atom is -0.469 e. The molecule has 0 aromatic carbocycles. The number of nitrogens with one attached hydrogen (secondary N) is 1. The molecule has 0 fully saturated rings. The fraction of sp³-hybridized carbons (Fsp3) is 0.333. The molecule has 4 nitrogen and oxygen atoms in total. The summed E-state index contributed by atoms with van der Waals surface area (Å²) in [5.41, 5.74) is 0. The maximum atomic E-state index is 11.0. The Morgan fingerprint density at radius 2 is 2.54 bits per heavy atom. The van der Waals surface area contributed by atoms with E-state index in [1.54, 1.807) is 12.3 Å². The van der Waals surface area contributed by atoms with Crippen molar-refractivity contribution < 1.29 is 9.21 Å². The van der Waals surface area contributed by atoms with Crippen LogP contribution in [0.4, 0.5) is 0 Å². The van der Waals surface area contributed by atoms with Gasteiger partial charge in [-0.1, -0.05) is 0 Å². The number of hydrogen-bond donors (Lipinski definition) is 1. The van der Waals surface area contributed by atoms with E-state index in [0.717, 1.165) is 5.76 Å². The number of furan rings is 1. The molecule has 1 heterocycles. The predicted octanol–water partition coefficient (Wildman–Crippen LogP) is 0.852. The second kappa shape index (κ2) is 4.99. The van der Waals surface area contributed by atoms with Crippen LogP contribution in [0.25, 0.3) is 0 Å². The highest BCUT2D eigenvalue weighted by Gasteiger charge is 2.02. The third kappa shape index (κ3) is 3.43. The van der Waals surface area contributed by atoms with Crippen LogP contribution in [0.5, 0.6) is 0 Å². The van der Waals surface area contributed by atoms with E-state index in [2.05, 4.69) is 5.32 Å². The van der Waals surface area contributed by atoms with Gasteiger partial charge in [-0.3, -0.25) is 4.79 Å². The molecule has 0 aliphatic rings. The molecule has 4 heteroatoms. The summed E-state index contributed by atoms with van der Waals surface area (Å²) in [5, 5.41) is 10.6. The second-order valence-electron chi connectivity index (χ2n) is 2.51. The summed E-state index contributed by atoms with van der Waals surface area (Å²) in [6.45, 7) is 0.0665. The molecule has 1 amide bonds. The molecule has 0 radical (unpaired) electrons. The van der Waals surface area contributed by atoms with Crippen molar-refractivity contribution in [3.63, 3.8) is 0 Å². The Kier molecular flexibility index (Phi) is 3.58. The lowest BCUT2D eigenvalue weighted by molar-refractivity contribution is -0.120. The SMILES string of the molecule is N#CCNC(=O)CCc1ccco1. The molecule has 0 unspecified atom stereocenters. The quantitative estimate of drug-likeness (QED) is 0.695. The molecule has 1 rings (SSSR count). The first-order valence-electron chi connectivity index (χ1n) is 3.99. The summed E-state index contributed by atoms with van der Waals surface area (Å²) in [6, 6.07) is 5.43. The monoisotopic (exact) mass is 178 g/mol. The number of carbonyl (C=O) groups is 1. The summed E-state index contributed by atoms with van der Waals surface area (Å²) >= 11 is 0. The van der Waals surface area contributed by atoms with Crippen molar-refractivity contribution in [3.05, 3.63) is 24.2 Å². The first kappa shape index (κ1) is 9.33. The molecule has 1 aromatic rings. The number of carbonyl (C=O) groups excluding carboxylic acids is 1. The number of nitriles is 1. The van der Waals surface area contributed by atoms with Crippen LogP contribution in [0.1, 0.15) is 12.2 Å². The molecule has 0 spiro atoms. The van der Waals surface area contributed by atoms with Gasteiger partial charge in [0.25, 0.3) is 0 Å². The molecule has 0 atom stereocenters. The largest absolute Gasteiger partial charge is 0.469 e. The highest BCUT2D eigenvalue weighted by atomic mass is 16.3. The van der Waals surface area contributed by atoms with Gasteiger partial charge >= 0.3 is 0 Å². The molecule has 68 valence electrons. The van der Waals surface area contributed by atoms with Gasteiger partial charge < -0.3 is 9.73 Å². The van der Waals surface area contributed by atoms with E-state index in [1.807, 2.05) is 12.1 Å². The van der Waals surface area contributed by atoms with Crippen LogP contribution in [-0.4, -0.2) is 12.5 Å². The topological polar surface area (TPSA) is 66.0 Å². The van der Waals surface area contributed by atoms with E-state index in [0.29, 0.717) is 12.8 Å². The van der Waals surface area contributed by atoms with Gasteiger partial charge in [0.2, 0.25) is 5.91 Å². The van der Waals surface area contributed by atoms with Crippen LogP contribution < -0.4 is 5.32 Å². The fourth-order valence-electron chi connectivity index (χ4n) is 0.918. The van der Waals surface area contributed by atoms with Gasteiger partial charge in [-0.25, -0.2) is 0 Å². The van der Waals surface area contributed by atoms with Crippen molar-refractivity contribution in [3.8, 4) is 6.07 Å². The number of rotatable bonds is 4. The Balaban J connectivity index is 2.20. The van der Waals surface area contributed by atoms with E-state index in [9.17, 15) is 4.79 Å². The smallest absolute Gasteiger partial charge is 0.221 e. The average Bonchev–Trinajstić information content (AvgIpc) is 2.64. The summed E-state index contributed by atoms with van der Waals surface area (Å²) < 4.78 is 5.04. The Labute approximate surface area is 76.2 Å². The highest BCUT2D eigenvalue weighted by molar-refractivity contribution is 5.76. The van der Waals surface area contributed by atoms with Crippen molar-refractivity contribution >= 4 is 5.91 Å². The number of amides is 1. The van der Waals surface area contributed by atoms with Crippen molar-refractivity contribution in [2.24, 2.45) is 0 Å². The fourth-order valence-corrected chi connectivity index (χ4v) is 0.918. The van der Waals surface area contributed by atoms with Crippen molar-refractivity contribution in [1.82, 2.24) is 5.32 Å². The zero-order valence-electron chi connectivity index (χ0n) is 7.12. The molecular weight excluding hydrogens is 168 g/mol. The molecule has 0 bridgehead atoms. The minimum absolute atomic E-state index is 0.0665. The van der Waals surface area contributed by atoms with Gasteiger partial charge in [-0.05, 0) is 12.1 Å². The lowest BCUT2D eigenvalue weighted by atomic mass is 10.2. The van der Waals surface area contributed by atoms with Crippen LogP contribution in [0.15, 0.2) is 22.8 Å². The molecular formula is C9H10N2O2. The third-order valence-electron chi connectivity index (χ3n) is 1.54. The molecule has 0 aliphatic carbocycles. The Bertz CT molecular complexity index is 298. The number of hydrogen-bond acceptors (Lipinski definition) is 3. The Hall–Kier alpha value is -1.76. The van der Waals surface area contributed by atoms with Gasteiger partial charge in [0, 0.05) is 12.8 Å². The lowest BCUT2D eigenvalue weighted by Gasteiger charge is -1.97. The summed E-state index contributed by atoms with van der Waals surface area (Å²) in [7, 11) is 0. The first-order valence-corrected chi connectivity index (χ1v) is 3.99. The van der Waals surface area contributed by atoms with E-state index in [1.165, 1.54) is 0 Å². The maximum Gasteiger partial charge on any atom is 0.221 e. The van der Waals surface area contributed by atoms with Gasteiger partial charge in [0.05, 0.1) is 12.3 Å². The minimum atomic E-state index is -0.127. The van der Waals surface area contributed by atoms with E-state index in [-0.39, 0.29) is 12.5 Å². The van der Waals surface area contributed by atoms with Gasteiger partial charge in [-0.15, -0.1) is 0 Å². The van der Waals surface area contributed by atoms with Crippen LogP contribution >= 0.6 is 0 Å². The third-order valence-corrected chi connectivity index (χ3v) is 1.54. The average molecular weight is 178 g/mol. The Morgan fingerprint density at radius 3 is 3.15 bits per heavy atom. The normalized spacial score (nSPS) is 9.15. The second-order valence-corrected chi connectivity index (χ2v) is 2.51. The standard InChI is InChI=1S/C9H10N2O2/c10-5-6-11-9(12)4-3-8-2-1-7-13-8/h1-2,7H,3-4,6H2,(H,11,12). The van der Waals surface area contributed by atoms with Crippen molar-refractivity contribution in [2.45, 2.75) is 12.8 Å². The molecule has 0 saturated heterocycles. The molecule has 1 N–H and O–H groups in total. The summed E-state index contributed by atoms with van der Waals surface area (Å²) in [6.07, 6.45) is 2.50. The molecule has 1 aromatic heterocycles. The van der Waals surface area contributed by atoms with Crippen molar-refractivity contribution in [2.75, 3.05) is 6.54 Å². The van der Waals surface area contributed by atoms with Gasteiger partial charge in [0.1, 0.15) is 12.3 Å². The van der Waals surface area contributed by atoms with Crippen molar-refractivity contribution in [1.29, 1.82) is 5.26 Å². The highest BCUT2D eigenvalue weighted by Crippen LogP contribution is 2.02. The molecule has 0 saturated carbocycles.